The van der Waals surface area contributed by atoms with E-state index in [0.29, 0.717) is 44.7 Å². The van der Waals surface area contributed by atoms with Gasteiger partial charge in [0, 0.05) is 56.3 Å². The molecule has 45 heavy (non-hydrogen) atoms. The molecular formula is C37H51F2N3O3. The highest BCUT2D eigenvalue weighted by Crippen LogP contribution is 2.39. The maximum atomic E-state index is 15.1. The van der Waals surface area contributed by atoms with Crippen LogP contribution < -0.4 is 0 Å². The van der Waals surface area contributed by atoms with Crippen molar-refractivity contribution in [1.29, 1.82) is 0 Å². The molecule has 2 saturated heterocycles. The Morgan fingerprint density at radius 1 is 0.933 bits per heavy atom. The molecule has 0 N–H and O–H groups in total. The van der Waals surface area contributed by atoms with Crippen LogP contribution in [0.1, 0.15) is 89.5 Å². The quantitative estimate of drug-likeness (QED) is 0.347. The third-order valence-electron chi connectivity index (χ3n) is 9.93. The fraction of sp³-hybridized carbons (Fsp3) is 0.622. The molecule has 2 aromatic carbocycles. The molecular weight excluding hydrogens is 572 g/mol. The van der Waals surface area contributed by atoms with Gasteiger partial charge in [-0.2, -0.15) is 0 Å². The first kappa shape index (κ1) is 33.5. The van der Waals surface area contributed by atoms with Crippen LogP contribution in [0.2, 0.25) is 0 Å². The number of halogens is 2. The van der Waals surface area contributed by atoms with E-state index < -0.39 is 29.2 Å². The van der Waals surface area contributed by atoms with Crippen molar-refractivity contribution in [3.63, 3.8) is 0 Å². The minimum atomic E-state index is -0.619. The molecule has 3 aliphatic rings. The van der Waals surface area contributed by atoms with Crippen LogP contribution in [-0.4, -0.2) is 82.5 Å². The van der Waals surface area contributed by atoms with E-state index >= 15 is 4.39 Å². The zero-order valence-electron chi connectivity index (χ0n) is 28.2. The summed E-state index contributed by atoms with van der Waals surface area (Å²) >= 11 is 0. The summed E-state index contributed by atoms with van der Waals surface area (Å²) in [7, 11) is 0. The summed E-state index contributed by atoms with van der Waals surface area (Å²) in [6.07, 6.45) is 4.65. The second-order valence-corrected chi connectivity index (χ2v) is 15.3. The molecule has 0 aromatic heterocycles. The molecule has 246 valence electrons. The molecule has 4 atom stereocenters. The topological polar surface area (TPSA) is 53.1 Å². The number of amides is 1. The number of ether oxygens (including phenoxy) is 1. The van der Waals surface area contributed by atoms with Gasteiger partial charge in [0.25, 0.3) is 0 Å². The number of hydrogen-bond donors (Lipinski definition) is 0. The molecule has 0 unspecified atom stereocenters. The summed E-state index contributed by atoms with van der Waals surface area (Å²) in [4.78, 5) is 34.5. The summed E-state index contributed by atoms with van der Waals surface area (Å²) in [6.45, 7) is 16.7. The Bertz CT molecular complexity index is 1400. The van der Waals surface area contributed by atoms with Crippen LogP contribution >= 0.6 is 0 Å². The van der Waals surface area contributed by atoms with Crippen molar-refractivity contribution < 1.29 is 23.1 Å². The first-order valence-corrected chi connectivity index (χ1v) is 16.7. The summed E-state index contributed by atoms with van der Waals surface area (Å²) in [6, 6.07) is 9.76. The summed E-state index contributed by atoms with van der Waals surface area (Å²) in [5, 5.41) is 0. The normalized spacial score (nSPS) is 23.7. The maximum absolute atomic E-state index is 15.1. The van der Waals surface area contributed by atoms with Crippen LogP contribution in [0, 0.1) is 17.6 Å². The van der Waals surface area contributed by atoms with Gasteiger partial charge in [-0.25, -0.2) is 8.78 Å². The Kier molecular flexibility index (Phi) is 9.77. The lowest BCUT2D eigenvalue weighted by Crippen LogP contribution is -2.60. The van der Waals surface area contributed by atoms with Crippen LogP contribution in [-0.2, 0) is 33.6 Å². The number of carbonyl (C=O) groups excluding carboxylic acids is 2. The van der Waals surface area contributed by atoms with E-state index in [1.54, 1.807) is 0 Å². The molecule has 6 nitrogen and oxygen atoms in total. The van der Waals surface area contributed by atoms with Crippen LogP contribution in [0.15, 0.2) is 36.4 Å². The van der Waals surface area contributed by atoms with Gasteiger partial charge in [0.1, 0.15) is 23.3 Å². The van der Waals surface area contributed by atoms with Crippen molar-refractivity contribution in [3.8, 4) is 0 Å². The highest BCUT2D eigenvalue weighted by molar-refractivity contribution is 5.81. The largest absolute Gasteiger partial charge is 0.459 e. The fourth-order valence-electron chi connectivity index (χ4n) is 7.44. The molecule has 0 bridgehead atoms. The highest BCUT2D eigenvalue weighted by Gasteiger charge is 2.46. The van der Waals surface area contributed by atoms with E-state index in [-0.39, 0.29) is 29.4 Å². The number of aryl methyl sites for hydroxylation is 2. The number of piperazine rings is 1. The third kappa shape index (κ3) is 7.60. The van der Waals surface area contributed by atoms with Crippen molar-refractivity contribution in [3.05, 3.63) is 70.3 Å². The van der Waals surface area contributed by atoms with Gasteiger partial charge < -0.3 is 9.64 Å². The van der Waals surface area contributed by atoms with E-state index in [9.17, 15) is 14.0 Å². The molecule has 2 aromatic rings. The van der Waals surface area contributed by atoms with Gasteiger partial charge >= 0.3 is 5.97 Å². The van der Waals surface area contributed by atoms with Crippen LogP contribution in [0.3, 0.4) is 0 Å². The number of carbonyl (C=O) groups is 2. The molecule has 1 aliphatic carbocycles. The maximum Gasteiger partial charge on any atom is 0.324 e. The predicted molar refractivity (Wildman–Crippen MR) is 173 cm³/mol. The first-order chi connectivity index (χ1) is 21.1. The fourth-order valence-corrected chi connectivity index (χ4v) is 7.44. The summed E-state index contributed by atoms with van der Waals surface area (Å²) < 4.78 is 34.9. The van der Waals surface area contributed by atoms with Crippen molar-refractivity contribution >= 4 is 11.9 Å². The van der Waals surface area contributed by atoms with E-state index in [1.165, 1.54) is 29.7 Å². The Morgan fingerprint density at radius 3 is 2.33 bits per heavy atom. The molecule has 1 amide bonds. The second-order valence-electron chi connectivity index (χ2n) is 15.3. The van der Waals surface area contributed by atoms with Gasteiger partial charge in [-0.15, -0.1) is 0 Å². The van der Waals surface area contributed by atoms with Crippen molar-refractivity contribution in [2.45, 2.75) is 110 Å². The summed E-state index contributed by atoms with van der Waals surface area (Å²) in [5.74, 6) is -2.26. The molecule has 2 heterocycles. The SMILES string of the molecule is CC[C@H]1CN([C@@H](Cc2ccc3c(c2)CCC3)C(=O)OC(C)(C)C)CCN1C(=O)[C@@H]1CN(C(C)(C)C)C[C@H]1c1ccc(F)cc1F. The van der Waals surface area contributed by atoms with Gasteiger partial charge in [-0.1, -0.05) is 31.2 Å². The van der Waals surface area contributed by atoms with E-state index in [1.807, 2.05) is 25.7 Å². The van der Waals surface area contributed by atoms with Crippen molar-refractivity contribution in [1.82, 2.24) is 14.7 Å². The molecule has 8 heteroatoms. The molecule has 2 aliphatic heterocycles. The molecule has 0 saturated carbocycles. The van der Waals surface area contributed by atoms with Gasteiger partial charge in [0.05, 0.1) is 5.92 Å². The number of rotatable bonds is 7. The van der Waals surface area contributed by atoms with Crippen LogP contribution in [0.5, 0.6) is 0 Å². The number of nitrogens with zero attached hydrogens (tertiary/aromatic N) is 3. The van der Waals surface area contributed by atoms with Crippen molar-refractivity contribution in [2.24, 2.45) is 5.92 Å². The zero-order valence-corrected chi connectivity index (χ0v) is 28.2. The van der Waals surface area contributed by atoms with E-state index in [0.717, 1.165) is 30.9 Å². The van der Waals surface area contributed by atoms with Gasteiger partial charge in [0.15, 0.2) is 0 Å². The Hall–Kier alpha value is -2.84. The average molecular weight is 624 g/mol. The number of likely N-dealkylation sites (tertiary alicyclic amines) is 1. The predicted octanol–water partition coefficient (Wildman–Crippen LogP) is 6.14. The van der Waals surface area contributed by atoms with Gasteiger partial charge in [-0.05, 0) is 102 Å². The van der Waals surface area contributed by atoms with E-state index in [4.69, 9.17) is 4.74 Å². The Morgan fingerprint density at radius 2 is 1.67 bits per heavy atom. The van der Waals surface area contributed by atoms with Crippen LogP contribution in [0.4, 0.5) is 8.78 Å². The molecule has 2 fully saturated rings. The number of benzene rings is 2. The standard InChI is InChI=1S/C37H51F2N3O3/c1-8-28-21-40(33(35(44)45-37(5,6)7)19-24-12-13-25-10-9-11-26(25)18-24)16-17-42(28)34(43)31-23-41(36(2,3)4)22-30(31)29-15-14-27(38)20-32(29)39/h12-15,18,20,28,30-31,33H,8-11,16-17,19,21-23H2,1-7H3/t28-,30-,31+,33-/m0/s1. The lowest BCUT2D eigenvalue weighted by Gasteiger charge is -2.45. The minimum Gasteiger partial charge on any atom is -0.459 e. The second kappa shape index (κ2) is 13.1. The van der Waals surface area contributed by atoms with E-state index in [2.05, 4.69) is 55.7 Å². The van der Waals surface area contributed by atoms with Crippen molar-refractivity contribution in [2.75, 3.05) is 32.7 Å². The van der Waals surface area contributed by atoms with Crippen LogP contribution in [0.25, 0.3) is 0 Å². The lowest BCUT2D eigenvalue weighted by molar-refractivity contribution is -0.163. The number of esters is 1. The number of fused-ring (bicyclic) bond motifs is 1. The Balaban J connectivity index is 1.37. The third-order valence-corrected chi connectivity index (χ3v) is 9.93. The average Bonchev–Trinajstić information content (AvgIpc) is 3.62. The number of hydrogen-bond acceptors (Lipinski definition) is 5. The zero-order chi connectivity index (χ0) is 32.7. The Labute approximate surface area is 268 Å². The summed E-state index contributed by atoms with van der Waals surface area (Å²) in [5.41, 5.74) is 3.50. The highest BCUT2D eigenvalue weighted by atomic mass is 19.1. The van der Waals surface area contributed by atoms with Gasteiger partial charge in [-0.3, -0.25) is 19.4 Å². The lowest BCUT2D eigenvalue weighted by atomic mass is 9.86. The first-order valence-electron chi connectivity index (χ1n) is 16.7. The molecule has 0 spiro atoms. The van der Waals surface area contributed by atoms with Gasteiger partial charge in [0.2, 0.25) is 5.91 Å². The minimum absolute atomic E-state index is 0.00872. The smallest absolute Gasteiger partial charge is 0.324 e. The molecule has 5 rings (SSSR count). The molecule has 0 radical (unpaired) electrons. The monoisotopic (exact) mass is 623 g/mol.